The molecule has 4 nitrogen and oxygen atoms in total. The van der Waals surface area contributed by atoms with Crippen LogP contribution in [-0.4, -0.2) is 21.5 Å². The zero-order chi connectivity index (χ0) is 20.4. The number of hydrogen-bond acceptors (Lipinski definition) is 4. The van der Waals surface area contributed by atoms with E-state index in [4.69, 9.17) is 4.98 Å². The normalized spacial score (nSPS) is 11.9. The summed E-state index contributed by atoms with van der Waals surface area (Å²) in [7, 11) is 0. The Labute approximate surface area is 172 Å². The Morgan fingerprint density at radius 1 is 0.897 bits per heavy atom. The zero-order valence-electron chi connectivity index (χ0n) is 17.5. The van der Waals surface area contributed by atoms with Crippen molar-refractivity contribution in [1.82, 2.24) is 9.97 Å². The number of pyridine rings is 2. The molecule has 4 heteroatoms. The molecule has 0 fully saturated rings. The third kappa shape index (κ3) is 4.65. The fraction of sp³-hybridized carbons (Fsp3) is 0.280. The number of fused-ring (bicyclic) bond motifs is 2. The van der Waals surface area contributed by atoms with Crippen LogP contribution in [0.2, 0.25) is 0 Å². The fourth-order valence-electron chi connectivity index (χ4n) is 3.74. The van der Waals surface area contributed by atoms with Crippen LogP contribution in [0.3, 0.4) is 0 Å². The van der Waals surface area contributed by atoms with E-state index in [1.807, 2.05) is 18.3 Å². The summed E-state index contributed by atoms with van der Waals surface area (Å²) in [6, 6.07) is 21.5. The largest absolute Gasteiger partial charge is 0.380 e. The molecule has 4 aromatic rings. The summed E-state index contributed by atoms with van der Waals surface area (Å²) in [6.45, 7) is 8.70. The maximum absolute atomic E-state index is 4.78. The van der Waals surface area contributed by atoms with Gasteiger partial charge in [0.05, 0.1) is 11.0 Å². The zero-order valence-corrected chi connectivity index (χ0v) is 17.5. The lowest BCUT2D eigenvalue weighted by Gasteiger charge is -2.28. The Kier molecular flexibility index (Phi) is 5.10. The highest BCUT2D eigenvalue weighted by Gasteiger charge is 2.19. The van der Waals surface area contributed by atoms with E-state index in [0.29, 0.717) is 6.04 Å². The van der Waals surface area contributed by atoms with Crippen molar-refractivity contribution in [2.24, 2.45) is 0 Å². The van der Waals surface area contributed by atoms with Gasteiger partial charge in [0, 0.05) is 34.2 Å². The molecule has 2 N–H and O–H groups in total. The smallest absolute Gasteiger partial charge is 0.126 e. The van der Waals surface area contributed by atoms with Gasteiger partial charge in [0.15, 0.2) is 0 Å². The number of anilines is 2. The van der Waals surface area contributed by atoms with E-state index in [1.165, 1.54) is 5.56 Å². The first-order valence-corrected chi connectivity index (χ1v) is 10.2. The van der Waals surface area contributed by atoms with Gasteiger partial charge in [0.25, 0.3) is 0 Å². The lowest BCUT2D eigenvalue weighted by molar-refractivity contribution is 0.564. The van der Waals surface area contributed by atoms with E-state index in [9.17, 15) is 0 Å². The number of hydrogen-bond donors (Lipinski definition) is 2. The quantitative estimate of drug-likeness (QED) is 0.426. The summed E-state index contributed by atoms with van der Waals surface area (Å²) in [6.07, 6.45) is 2.73. The second-order valence-corrected chi connectivity index (χ2v) is 8.62. The molecular formula is C25H28N4. The van der Waals surface area contributed by atoms with Gasteiger partial charge >= 0.3 is 0 Å². The van der Waals surface area contributed by atoms with Gasteiger partial charge in [-0.2, -0.15) is 0 Å². The maximum Gasteiger partial charge on any atom is 0.126 e. The van der Waals surface area contributed by atoms with Crippen LogP contribution < -0.4 is 10.6 Å². The van der Waals surface area contributed by atoms with Crippen LogP contribution >= 0.6 is 0 Å². The Morgan fingerprint density at radius 3 is 2.48 bits per heavy atom. The van der Waals surface area contributed by atoms with Crippen molar-refractivity contribution >= 4 is 33.3 Å². The molecule has 0 atom stereocenters. The monoisotopic (exact) mass is 384 g/mol. The fourth-order valence-corrected chi connectivity index (χ4v) is 3.74. The molecule has 2 aromatic carbocycles. The molecule has 2 aromatic heterocycles. The summed E-state index contributed by atoms with van der Waals surface area (Å²) in [5.74, 6) is 0.922. The predicted molar refractivity (Wildman–Crippen MR) is 124 cm³/mol. The maximum atomic E-state index is 4.78. The van der Waals surface area contributed by atoms with Crippen molar-refractivity contribution in [3.8, 4) is 0 Å². The van der Waals surface area contributed by atoms with Crippen molar-refractivity contribution in [2.75, 3.05) is 10.6 Å². The van der Waals surface area contributed by atoms with Gasteiger partial charge in [-0.1, -0.05) is 24.3 Å². The molecule has 0 saturated heterocycles. The molecule has 0 bridgehead atoms. The van der Waals surface area contributed by atoms with Crippen LogP contribution in [0.25, 0.3) is 21.8 Å². The van der Waals surface area contributed by atoms with E-state index in [0.717, 1.165) is 39.7 Å². The highest BCUT2D eigenvalue weighted by atomic mass is 15.0. The average molecular weight is 385 g/mol. The standard InChI is InChI=1S/C25H28N4/c1-17(2)27-24-12-10-20-8-7-18(14-23(20)28-24)16-25(3,4)29-21-11-9-19-6-5-13-26-22(19)15-21/h5-15,17,29H,16H2,1-4H3,(H,27,28). The number of nitrogens with zero attached hydrogens (tertiary/aromatic N) is 2. The lowest BCUT2D eigenvalue weighted by atomic mass is 9.93. The molecular weight excluding hydrogens is 356 g/mol. The summed E-state index contributed by atoms with van der Waals surface area (Å²) >= 11 is 0. The Morgan fingerprint density at radius 2 is 1.66 bits per heavy atom. The van der Waals surface area contributed by atoms with Gasteiger partial charge in [-0.25, -0.2) is 4.98 Å². The minimum Gasteiger partial charge on any atom is -0.380 e. The van der Waals surface area contributed by atoms with Gasteiger partial charge in [-0.05, 0) is 76.1 Å². The summed E-state index contributed by atoms with van der Waals surface area (Å²) < 4.78 is 0. The number of nitrogens with one attached hydrogen (secondary N) is 2. The Bertz CT molecular complexity index is 1150. The molecule has 4 rings (SSSR count). The second-order valence-electron chi connectivity index (χ2n) is 8.62. The molecule has 0 aliphatic carbocycles. The number of aromatic nitrogens is 2. The van der Waals surface area contributed by atoms with E-state index in [-0.39, 0.29) is 5.54 Å². The molecule has 0 aliphatic heterocycles. The van der Waals surface area contributed by atoms with Crippen LogP contribution in [0.4, 0.5) is 11.5 Å². The van der Waals surface area contributed by atoms with E-state index >= 15 is 0 Å². The first-order valence-electron chi connectivity index (χ1n) is 10.2. The van der Waals surface area contributed by atoms with E-state index in [2.05, 4.69) is 91.8 Å². The minimum absolute atomic E-state index is 0.107. The molecule has 0 spiro atoms. The third-order valence-corrected chi connectivity index (χ3v) is 4.93. The first kappa shape index (κ1) is 19.2. The lowest BCUT2D eigenvalue weighted by Crippen LogP contribution is -2.33. The van der Waals surface area contributed by atoms with Crippen molar-refractivity contribution in [2.45, 2.75) is 45.7 Å². The molecule has 0 aliphatic rings. The topological polar surface area (TPSA) is 49.8 Å². The molecule has 0 unspecified atom stereocenters. The molecule has 2 heterocycles. The van der Waals surface area contributed by atoms with Crippen LogP contribution in [0, 0.1) is 0 Å². The van der Waals surface area contributed by atoms with Gasteiger partial charge in [-0.15, -0.1) is 0 Å². The van der Waals surface area contributed by atoms with Crippen LogP contribution in [0.5, 0.6) is 0 Å². The first-order chi connectivity index (χ1) is 13.9. The molecule has 148 valence electrons. The van der Waals surface area contributed by atoms with Crippen LogP contribution in [-0.2, 0) is 6.42 Å². The van der Waals surface area contributed by atoms with Crippen molar-refractivity contribution in [3.05, 3.63) is 72.4 Å². The second kappa shape index (κ2) is 7.70. The summed E-state index contributed by atoms with van der Waals surface area (Å²) in [5, 5.41) is 9.37. The number of rotatable bonds is 6. The highest BCUT2D eigenvalue weighted by Crippen LogP contribution is 2.25. The van der Waals surface area contributed by atoms with Gasteiger partial charge < -0.3 is 10.6 Å². The third-order valence-electron chi connectivity index (χ3n) is 4.93. The van der Waals surface area contributed by atoms with Gasteiger partial charge in [-0.3, -0.25) is 4.98 Å². The number of benzene rings is 2. The molecule has 0 amide bonds. The minimum atomic E-state index is -0.107. The van der Waals surface area contributed by atoms with Gasteiger partial charge in [0.1, 0.15) is 5.82 Å². The molecule has 29 heavy (non-hydrogen) atoms. The highest BCUT2D eigenvalue weighted by molar-refractivity contribution is 5.82. The summed E-state index contributed by atoms with van der Waals surface area (Å²) in [5.41, 5.74) is 4.28. The van der Waals surface area contributed by atoms with E-state index in [1.54, 1.807) is 0 Å². The summed E-state index contributed by atoms with van der Waals surface area (Å²) in [4.78, 5) is 9.25. The van der Waals surface area contributed by atoms with Crippen molar-refractivity contribution in [1.29, 1.82) is 0 Å². The van der Waals surface area contributed by atoms with E-state index < -0.39 is 0 Å². The van der Waals surface area contributed by atoms with Crippen molar-refractivity contribution < 1.29 is 0 Å². The SMILES string of the molecule is CC(C)Nc1ccc2ccc(CC(C)(C)Nc3ccc4cccnc4c3)cc2n1. The predicted octanol–water partition coefficient (Wildman–Crippen LogP) is 6.04. The molecule has 0 radical (unpaired) electrons. The molecule has 0 saturated carbocycles. The van der Waals surface area contributed by atoms with Crippen molar-refractivity contribution in [3.63, 3.8) is 0 Å². The van der Waals surface area contributed by atoms with Crippen LogP contribution in [0.15, 0.2) is 66.9 Å². The Balaban J connectivity index is 1.54. The Hall–Kier alpha value is -3.14. The van der Waals surface area contributed by atoms with Crippen LogP contribution in [0.1, 0.15) is 33.3 Å². The van der Waals surface area contributed by atoms with Gasteiger partial charge in [0.2, 0.25) is 0 Å². The average Bonchev–Trinajstić information content (AvgIpc) is 2.66.